The minimum atomic E-state index is -0.384. The van der Waals surface area contributed by atoms with Gasteiger partial charge in [0.05, 0.1) is 6.54 Å². The van der Waals surface area contributed by atoms with Crippen LogP contribution in [0, 0.1) is 0 Å². The van der Waals surface area contributed by atoms with Gasteiger partial charge in [-0.2, -0.15) is 0 Å². The van der Waals surface area contributed by atoms with Crippen LogP contribution in [0.1, 0.15) is 25.7 Å². The van der Waals surface area contributed by atoms with Crippen LogP contribution in [0.15, 0.2) is 12.4 Å². The summed E-state index contributed by atoms with van der Waals surface area (Å²) in [5, 5.41) is 2.74. The predicted molar refractivity (Wildman–Crippen MR) is 87.8 cm³/mol. The number of amides is 2. The van der Waals surface area contributed by atoms with E-state index < -0.39 is 0 Å². The zero-order chi connectivity index (χ0) is 17.1. The molecule has 0 aliphatic carbocycles. The normalized spacial score (nSPS) is 23.8. The topological polar surface area (TPSA) is 87.7 Å². The first-order valence-corrected chi connectivity index (χ1v) is 8.27. The lowest BCUT2D eigenvalue weighted by Gasteiger charge is -2.34. The second-order valence-electron chi connectivity index (χ2n) is 6.40. The number of piperidine rings is 1. The molecule has 2 aliphatic rings. The van der Waals surface area contributed by atoms with E-state index >= 15 is 0 Å². The van der Waals surface area contributed by atoms with Gasteiger partial charge in [0, 0.05) is 39.5 Å². The number of nitrogens with zero attached hydrogens (tertiary/aromatic N) is 4. The first kappa shape index (κ1) is 16.5. The van der Waals surface area contributed by atoms with Gasteiger partial charge < -0.3 is 19.9 Å². The highest BCUT2D eigenvalue weighted by Gasteiger charge is 2.34. The third-order valence-corrected chi connectivity index (χ3v) is 4.33. The van der Waals surface area contributed by atoms with Crippen LogP contribution < -0.4 is 15.0 Å². The van der Waals surface area contributed by atoms with Crippen LogP contribution in [0.4, 0.5) is 5.82 Å². The summed E-state index contributed by atoms with van der Waals surface area (Å²) in [5.74, 6) is 1.09. The predicted octanol–water partition coefficient (Wildman–Crippen LogP) is 0.191. The van der Waals surface area contributed by atoms with Crippen molar-refractivity contribution >= 4 is 17.6 Å². The quantitative estimate of drug-likeness (QED) is 0.846. The molecule has 2 atom stereocenters. The monoisotopic (exact) mass is 333 g/mol. The van der Waals surface area contributed by atoms with Crippen molar-refractivity contribution in [2.45, 2.75) is 37.8 Å². The van der Waals surface area contributed by atoms with Crippen molar-refractivity contribution in [3.05, 3.63) is 12.4 Å². The zero-order valence-electron chi connectivity index (χ0n) is 14.1. The summed E-state index contributed by atoms with van der Waals surface area (Å²) in [7, 11) is 3.77. The van der Waals surface area contributed by atoms with E-state index in [0.717, 1.165) is 12.8 Å². The van der Waals surface area contributed by atoms with E-state index in [1.54, 1.807) is 17.3 Å². The van der Waals surface area contributed by atoms with Crippen LogP contribution in [0.3, 0.4) is 0 Å². The number of aromatic nitrogens is 2. The Morgan fingerprint density at radius 3 is 2.83 bits per heavy atom. The fraction of sp³-hybridized carbons (Fsp3) is 0.625. The fourth-order valence-electron chi connectivity index (χ4n) is 3.12. The van der Waals surface area contributed by atoms with Gasteiger partial charge in [0.2, 0.25) is 11.8 Å². The van der Waals surface area contributed by atoms with Crippen LogP contribution in [0.2, 0.25) is 0 Å². The Morgan fingerprint density at radius 1 is 1.33 bits per heavy atom. The molecule has 3 rings (SSSR count). The summed E-state index contributed by atoms with van der Waals surface area (Å²) in [6.07, 6.45) is 5.85. The van der Waals surface area contributed by atoms with Crippen molar-refractivity contribution in [2.24, 2.45) is 0 Å². The molecule has 1 aromatic rings. The van der Waals surface area contributed by atoms with Gasteiger partial charge in [-0.05, 0) is 19.3 Å². The number of likely N-dealkylation sites (tertiary alicyclic amines) is 1. The largest absolute Gasteiger partial charge is 0.470 e. The number of hydrogen-bond acceptors (Lipinski definition) is 6. The fourth-order valence-corrected chi connectivity index (χ4v) is 3.12. The first-order chi connectivity index (χ1) is 11.5. The number of hydrogen-bond donors (Lipinski definition) is 1. The molecule has 0 saturated carbocycles. The molecule has 8 heteroatoms. The molecule has 0 radical (unpaired) electrons. The van der Waals surface area contributed by atoms with Gasteiger partial charge in [-0.25, -0.2) is 9.97 Å². The Hall–Kier alpha value is -2.38. The van der Waals surface area contributed by atoms with Gasteiger partial charge in [0.25, 0.3) is 5.88 Å². The molecule has 2 saturated heterocycles. The number of carbonyl (C=O) groups excluding carboxylic acids is 2. The van der Waals surface area contributed by atoms with E-state index in [0.29, 0.717) is 37.6 Å². The number of nitrogens with one attached hydrogen (secondary N) is 1. The van der Waals surface area contributed by atoms with E-state index in [1.165, 1.54) is 0 Å². The van der Waals surface area contributed by atoms with Crippen molar-refractivity contribution in [1.82, 2.24) is 20.2 Å². The van der Waals surface area contributed by atoms with Crippen LogP contribution in [0.25, 0.3) is 0 Å². The Labute approximate surface area is 141 Å². The van der Waals surface area contributed by atoms with Gasteiger partial charge in [0.15, 0.2) is 5.82 Å². The standard InChI is InChI=1S/C16H23N5O3/c1-20(2)14-15(18-8-7-17-14)24-11-4-3-9-21(10-11)16(23)12-5-6-13(22)19-12/h7-8,11-12H,3-6,9-10H2,1-2H3,(H,19,22)/t11-,12+/m1/s1. The van der Waals surface area contributed by atoms with E-state index in [-0.39, 0.29) is 24.0 Å². The minimum Gasteiger partial charge on any atom is -0.470 e. The molecule has 1 N–H and O–H groups in total. The molecule has 1 aromatic heterocycles. The lowest BCUT2D eigenvalue weighted by Crippen LogP contribution is -2.50. The van der Waals surface area contributed by atoms with Crippen LogP contribution in [0.5, 0.6) is 5.88 Å². The maximum absolute atomic E-state index is 12.5. The highest BCUT2D eigenvalue weighted by molar-refractivity contribution is 5.90. The smallest absolute Gasteiger partial charge is 0.257 e. The van der Waals surface area contributed by atoms with E-state index in [1.807, 2.05) is 19.0 Å². The number of anilines is 1. The molecular weight excluding hydrogens is 310 g/mol. The second-order valence-corrected chi connectivity index (χ2v) is 6.40. The summed E-state index contributed by atoms with van der Waals surface area (Å²) in [5.41, 5.74) is 0. The molecule has 130 valence electrons. The molecule has 2 amide bonds. The summed E-state index contributed by atoms with van der Waals surface area (Å²) in [6, 6.07) is -0.384. The van der Waals surface area contributed by atoms with E-state index in [4.69, 9.17) is 4.74 Å². The van der Waals surface area contributed by atoms with E-state index in [2.05, 4.69) is 15.3 Å². The van der Waals surface area contributed by atoms with Crippen LogP contribution in [-0.2, 0) is 9.59 Å². The van der Waals surface area contributed by atoms with Gasteiger partial charge in [-0.1, -0.05) is 0 Å². The maximum Gasteiger partial charge on any atom is 0.257 e. The van der Waals surface area contributed by atoms with Gasteiger partial charge in [-0.15, -0.1) is 0 Å². The molecule has 0 spiro atoms. The SMILES string of the molecule is CN(C)c1nccnc1O[C@@H]1CCCN(C(=O)[C@@H]2CCC(=O)N2)C1. The highest BCUT2D eigenvalue weighted by Crippen LogP contribution is 2.24. The molecule has 2 aliphatic heterocycles. The van der Waals surface area contributed by atoms with Gasteiger partial charge in [0.1, 0.15) is 12.1 Å². The third kappa shape index (κ3) is 3.58. The lowest BCUT2D eigenvalue weighted by atomic mass is 10.1. The molecule has 8 nitrogen and oxygen atoms in total. The number of carbonyl (C=O) groups is 2. The highest BCUT2D eigenvalue weighted by atomic mass is 16.5. The number of rotatable bonds is 4. The van der Waals surface area contributed by atoms with Gasteiger partial charge >= 0.3 is 0 Å². The molecule has 0 bridgehead atoms. The third-order valence-electron chi connectivity index (χ3n) is 4.33. The number of ether oxygens (including phenoxy) is 1. The first-order valence-electron chi connectivity index (χ1n) is 8.27. The maximum atomic E-state index is 12.5. The lowest BCUT2D eigenvalue weighted by molar-refractivity contribution is -0.136. The average molecular weight is 333 g/mol. The Morgan fingerprint density at radius 2 is 2.12 bits per heavy atom. The molecule has 0 aromatic carbocycles. The van der Waals surface area contributed by atoms with Crippen molar-refractivity contribution in [3.8, 4) is 5.88 Å². The van der Waals surface area contributed by atoms with Crippen LogP contribution in [-0.4, -0.2) is 66.0 Å². The van der Waals surface area contributed by atoms with Gasteiger partial charge in [-0.3, -0.25) is 9.59 Å². The van der Waals surface area contributed by atoms with Crippen molar-refractivity contribution in [2.75, 3.05) is 32.1 Å². The summed E-state index contributed by atoms with van der Waals surface area (Å²) < 4.78 is 6.02. The summed E-state index contributed by atoms with van der Waals surface area (Å²) >= 11 is 0. The molecule has 0 unspecified atom stereocenters. The van der Waals surface area contributed by atoms with Crippen molar-refractivity contribution in [3.63, 3.8) is 0 Å². The Kier molecular flexibility index (Phi) is 4.82. The second kappa shape index (κ2) is 7.02. The molecule has 3 heterocycles. The molecular formula is C16H23N5O3. The van der Waals surface area contributed by atoms with Crippen LogP contribution >= 0.6 is 0 Å². The van der Waals surface area contributed by atoms with E-state index in [9.17, 15) is 9.59 Å². The average Bonchev–Trinajstić information content (AvgIpc) is 3.01. The minimum absolute atomic E-state index is 0.0128. The zero-order valence-corrected chi connectivity index (χ0v) is 14.1. The Balaban J connectivity index is 1.64. The Bertz CT molecular complexity index is 621. The molecule has 24 heavy (non-hydrogen) atoms. The molecule has 2 fully saturated rings. The summed E-state index contributed by atoms with van der Waals surface area (Å²) in [4.78, 5) is 36.0. The van der Waals surface area contributed by atoms with Crippen molar-refractivity contribution in [1.29, 1.82) is 0 Å². The summed E-state index contributed by atoms with van der Waals surface area (Å²) in [6.45, 7) is 1.21. The van der Waals surface area contributed by atoms with Crippen molar-refractivity contribution < 1.29 is 14.3 Å².